The number of hydrogen-bond acceptors (Lipinski definition) is 24. The SMILES string of the molecule is CC(C)(C)OC(=O)NOCC(=O)NCCCC[C@@H]1NC(=O)CSC[C@@H](C(=O)NCCOCCOCCOCCNC(=O)COCC(N)=O)NC(=O)[C@H](Cc2ccccc2)NC(=O)[C@H](CS)NC(=O)[C@H](CC(=O)O)NC(=O)CNC(=O)[C@H](CCCNC(=N)N)NC(=O)[C@H](CS)NC1=O. The van der Waals surface area contributed by atoms with Crippen LogP contribution in [0, 0.1) is 5.41 Å². The number of carbonyl (C=O) groups excluding carboxylic acids is 13. The lowest BCUT2D eigenvalue weighted by molar-refractivity contribution is -0.141. The lowest BCUT2D eigenvalue weighted by Gasteiger charge is -2.26. The van der Waals surface area contributed by atoms with Crippen molar-refractivity contribution in [3.8, 4) is 0 Å². The summed E-state index contributed by atoms with van der Waals surface area (Å²) in [6.07, 6.45) is -1.94. The maximum Gasteiger partial charge on any atom is 0.431 e. The summed E-state index contributed by atoms with van der Waals surface area (Å²) in [4.78, 5) is 189. The number of carboxylic acid groups (broad SMARTS) is 1. The number of nitrogens with one attached hydrogen (secondary N) is 14. The minimum Gasteiger partial charge on any atom is -0.481 e. The van der Waals surface area contributed by atoms with Crippen molar-refractivity contribution in [2.24, 2.45) is 11.5 Å². The van der Waals surface area contributed by atoms with E-state index in [0.717, 1.165) is 11.8 Å². The number of hydroxylamine groups is 1. The van der Waals surface area contributed by atoms with E-state index in [0.29, 0.717) is 5.56 Å². The van der Waals surface area contributed by atoms with E-state index in [4.69, 9.17) is 45.4 Å². The molecule has 1 heterocycles. The summed E-state index contributed by atoms with van der Waals surface area (Å²) in [6.45, 7) is 3.47. The van der Waals surface area contributed by atoms with E-state index in [9.17, 15) is 72.2 Å². The molecule has 0 aliphatic carbocycles. The van der Waals surface area contributed by atoms with Crippen molar-refractivity contribution in [2.45, 2.75) is 114 Å². The standard InChI is InChI=1S/C57H92N16O21S3/c1-57(2,3)94-56(88)73-93-29-45(77)61-14-8-7-12-36-50(83)70-39(30-95)53(86)68-35(13-9-15-64-55(59)60)48(81)65-26-43(75)67-38(25-47(79)80)52(85)71-40(31-96)54(87)69-37(24-34-10-5-4-6-11-34)51(84)72-41(32-97-33-46(78)66-36)49(82)63-17-19-90-21-23-91-22-20-89-18-16-62-44(76)28-92-27-42(58)74/h4-6,10-11,35-41,95-96H,7-9,12-33H2,1-3H3,(H2,58,74)(H,61,77)(H,62,76)(H,63,82)(H,65,81)(H,66,78)(H,67,75)(H,68,86)(H,69,87)(H,70,83)(H,71,85)(H,72,84)(H,73,88)(H,79,80)(H4,59,60,64)/t35-,36-,37-,38-,39-,40-,41-/m0/s1. The maximum atomic E-state index is 14.5. The molecular formula is C57H92N16O21S3. The minimum absolute atomic E-state index is 0.0318. The minimum atomic E-state index is -1.87. The molecule has 1 fully saturated rings. The Hall–Kier alpha value is -8.28. The molecule has 0 spiro atoms. The second-order valence-electron chi connectivity index (χ2n) is 22.1. The quantitative estimate of drug-likeness (QED) is 0.00988. The molecular weight excluding hydrogens is 1340 g/mol. The molecule has 0 unspecified atom stereocenters. The van der Waals surface area contributed by atoms with Crippen LogP contribution in [0.1, 0.15) is 64.9 Å². The third kappa shape index (κ3) is 40.1. The zero-order valence-electron chi connectivity index (χ0n) is 54.2. The van der Waals surface area contributed by atoms with Crippen LogP contribution >= 0.6 is 37.0 Å². The van der Waals surface area contributed by atoms with Crippen LogP contribution in [0.2, 0.25) is 0 Å². The highest BCUT2D eigenvalue weighted by molar-refractivity contribution is 8.00. The number of thiol groups is 2. The molecule has 2 rings (SSSR count). The van der Waals surface area contributed by atoms with Crippen molar-refractivity contribution in [3.05, 3.63) is 35.9 Å². The fourth-order valence-corrected chi connectivity index (χ4v) is 9.54. The molecule has 544 valence electrons. The molecule has 19 N–H and O–H groups in total. The first-order valence-electron chi connectivity index (χ1n) is 30.6. The van der Waals surface area contributed by atoms with E-state index in [1.807, 2.05) is 5.48 Å². The van der Waals surface area contributed by atoms with E-state index >= 15 is 0 Å². The van der Waals surface area contributed by atoms with Gasteiger partial charge in [-0.25, -0.2) is 4.79 Å². The molecule has 0 bridgehead atoms. The van der Waals surface area contributed by atoms with Gasteiger partial charge < -0.3 is 104 Å². The fourth-order valence-electron chi connectivity index (χ4n) is 8.17. The van der Waals surface area contributed by atoms with E-state index < -0.39 is 174 Å². The van der Waals surface area contributed by atoms with Gasteiger partial charge in [-0.15, -0.1) is 11.8 Å². The Bertz CT molecular complexity index is 2760. The van der Waals surface area contributed by atoms with Crippen LogP contribution < -0.4 is 80.7 Å². The van der Waals surface area contributed by atoms with Gasteiger partial charge in [0.1, 0.15) is 61.1 Å². The zero-order chi connectivity index (χ0) is 72.1. The highest BCUT2D eigenvalue weighted by Crippen LogP contribution is 2.11. The van der Waals surface area contributed by atoms with Crippen molar-refractivity contribution in [3.63, 3.8) is 0 Å². The molecule has 1 aliphatic heterocycles. The summed E-state index contributed by atoms with van der Waals surface area (Å²) >= 11 is 9.33. The van der Waals surface area contributed by atoms with Crippen molar-refractivity contribution in [1.82, 2.24) is 69.3 Å². The molecule has 97 heavy (non-hydrogen) atoms. The molecule has 1 aromatic carbocycles. The van der Waals surface area contributed by atoms with Crippen LogP contribution in [0.15, 0.2) is 30.3 Å². The molecule has 7 atom stereocenters. The van der Waals surface area contributed by atoms with Crippen molar-refractivity contribution in [2.75, 3.05) is 115 Å². The van der Waals surface area contributed by atoms with E-state index in [1.54, 1.807) is 51.1 Å². The van der Waals surface area contributed by atoms with Gasteiger partial charge in [0.2, 0.25) is 70.9 Å². The van der Waals surface area contributed by atoms with Gasteiger partial charge in [0.15, 0.2) is 12.6 Å². The molecule has 1 aliphatic rings. The van der Waals surface area contributed by atoms with Gasteiger partial charge >= 0.3 is 12.1 Å². The number of aliphatic carboxylic acids is 1. The number of thioether (sulfide) groups is 1. The molecule has 37 nitrogen and oxygen atoms in total. The second kappa shape index (κ2) is 48.4. The Kier molecular flexibility index (Phi) is 42.3. The van der Waals surface area contributed by atoms with Gasteiger partial charge in [0.25, 0.3) is 0 Å². The Morgan fingerprint density at radius 2 is 1.10 bits per heavy atom. The predicted octanol–water partition coefficient (Wildman–Crippen LogP) is -6.39. The number of benzene rings is 1. The van der Waals surface area contributed by atoms with Crippen LogP contribution in [-0.2, 0) is 97.3 Å². The molecule has 13 amide bonds. The van der Waals surface area contributed by atoms with Crippen LogP contribution in [0.5, 0.6) is 0 Å². The number of rotatable bonds is 35. The smallest absolute Gasteiger partial charge is 0.431 e. The van der Waals surface area contributed by atoms with E-state index in [-0.39, 0.29) is 122 Å². The summed E-state index contributed by atoms with van der Waals surface area (Å²) in [5, 5.41) is 47.3. The van der Waals surface area contributed by atoms with Gasteiger partial charge in [-0.1, -0.05) is 30.3 Å². The number of carbonyl (C=O) groups is 14. The monoisotopic (exact) mass is 1430 g/mol. The van der Waals surface area contributed by atoms with Gasteiger partial charge in [-0.2, -0.15) is 30.7 Å². The van der Waals surface area contributed by atoms with E-state index in [1.165, 1.54) is 0 Å². The van der Waals surface area contributed by atoms with Crippen molar-refractivity contribution in [1.29, 1.82) is 5.41 Å². The lowest BCUT2D eigenvalue weighted by atomic mass is 10.0. The molecule has 1 saturated heterocycles. The van der Waals surface area contributed by atoms with Crippen molar-refractivity contribution < 1.29 is 101 Å². The average Bonchev–Trinajstić information content (AvgIpc) is 0.943. The first-order chi connectivity index (χ1) is 46.1. The maximum absolute atomic E-state index is 14.5. The predicted molar refractivity (Wildman–Crippen MR) is 354 cm³/mol. The number of unbranched alkanes of at least 4 members (excludes halogenated alkanes) is 1. The second-order valence-corrected chi connectivity index (χ2v) is 23.9. The topological polar surface area (TPSA) is 547 Å². The summed E-state index contributed by atoms with van der Waals surface area (Å²) in [5.74, 6) is -13.9. The Labute approximate surface area is 575 Å². The summed E-state index contributed by atoms with van der Waals surface area (Å²) in [7, 11) is 0. The third-order valence-electron chi connectivity index (χ3n) is 12.8. The van der Waals surface area contributed by atoms with Gasteiger partial charge in [-0.3, -0.25) is 72.6 Å². The molecule has 40 heteroatoms. The first-order valence-corrected chi connectivity index (χ1v) is 33.1. The largest absolute Gasteiger partial charge is 0.481 e. The van der Waals surface area contributed by atoms with E-state index in [2.05, 4.69) is 89.1 Å². The van der Waals surface area contributed by atoms with Crippen LogP contribution in [0.3, 0.4) is 0 Å². The number of guanidine groups is 1. The Balaban J connectivity index is 2.48. The normalized spacial score (nSPS) is 19.8. The number of primary amides is 1. The van der Waals surface area contributed by atoms with Crippen LogP contribution in [0.4, 0.5) is 4.79 Å². The Morgan fingerprint density at radius 3 is 1.70 bits per heavy atom. The highest BCUT2D eigenvalue weighted by atomic mass is 32.2. The van der Waals surface area contributed by atoms with Gasteiger partial charge in [-0.05, 0) is 58.4 Å². The number of ether oxygens (including phenoxy) is 5. The van der Waals surface area contributed by atoms with Gasteiger partial charge in [0.05, 0.1) is 58.4 Å². The fraction of sp³-hybridized carbons (Fsp3) is 0.632. The molecule has 1 aromatic rings. The number of nitrogens with two attached hydrogens (primary N) is 2. The molecule has 0 saturated carbocycles. The van der Waals surface area contributed by atoms with Crippen LogP contribution in [-0.4, -0.2) is 257 Å². The summed E-state index contributed by atoms with van der Waals surface area (Å²) in [6, 6.07) is -2.41. The number of carboxylic acids is 1. The molecule has 0 aromatic heterocycles. The summed E-state index contributed by atoms with van der Waals surface area (Å²) < 4.78 is 26.4. The molecule has 0 radical (unpaired) electrons. The first kappa shape index (κ1) is 84.8. The third-order valence-corrected chi connectivity index (χ3v) is 14.5. The van der Waals surface area contributed by atoms with Crippen molar-refractivity contribution >= 4 is 126 Å². The Morgan fingerprint density at radius 1 is 0.588 bits per heavy atom. The number of hydrogen-bond donors (Lipinski definition) is 19. The van der Waals surface area contributed by atoms with Gasteiger partial charge in [0, 0.05) is 49.9 Å². The average molecular weight is 1430 g/mol. The zero-order valence-corrected chi connectivity index (χ0v) is 56.8. The van der Waals surface area contributed by atoms with Crippen LogP contribution in [0.25, 0.3) is 0 Å². The number of amides is 13. The highest BCUT2D eigenvalue weighted by Gasteiger charge is 2.34. The summed E-state index contributed by atoms with van der Waals surface area (Å²) in [5.41, 5.74) is 12.1. The lowest BCUT2D eigenvalue weighted by Crippen LogP contribution is -2.60.